The van der Waals surface area contributed by atoms with E-state index in [0.29, 0.717) is 73.4 Å². The van der Waals surface area contributed by atoms with Crippen molar-refractivity contribution in [1.29, 1.82) is 0 Å². The minimum atomic E-state index is -0.665. The monoisotopic (exact) mass is 684 g/mol. The van der Waals surface area contributed by atoms with Crippen LogP contribution in [0.1, 0.15) is 62.5 Å². The summed E-state index contributed by atoms with van der Waals surface area (Å²) in [6.45, 7) is 3.58. The molecule has 246 valence electrons. The summed E-state index contributed by atoms with van der Waals surface area (Å²) in [4.78, 5) is 56.8. The molecule has 8 nitrogen and oxygen atoms in total. The standard InChI is InChI=1S/C38H34Cl2N2O6/c1-21(43)47-31-13-29-33(27-9-5-3-7-25(27)31)23(15-39)17-41(29)35(45)37-11-12-38(19-37,20-37)36(46)42-18-24(16-40)34-28-10-6-4-8-26(28)32(14-30(34)42)48-22(2)44/h3-10,13-14,23-24H,11-12,15-20H2,1-2H3. The van der Waals surface area contributed by atoms with Crippen LogP contribution in [0.25, 0.3) is 21.5 Å². The molecule has 3 aliphatic carbocycles. The second-order valence-electron chi connectivity index (χ2n) is 13.8. The van der Waals surface area contributed by atoms with E-state index in [4.69, 9.17) is 32.7 Å². The average molecular weight is 686 g/mol. The van der Waals surface area contributed by atoms with Crippen molar-refractivity contribution < 1.29 is 28.7 Å². The number of hydrogen-bond donors (Lipinski definition) is 0. The summed E-state index contributed by atoms with van der Waals surface area (Å²) in [5.74, 6) is 0.441. The Morgan fingerprint density at radius 1 is 0.667 bits per heavy atom. The SMILES string of the molecule is CC(=O)Oc1cc2c(c3ccccc13)C(CCl)CN2C(=O)C12CCC(C(=O)N3CC(CCl)c4c3cc(OC(C)=O)c3ccccc43)(C1)C2. The molecule has 0 aromatic heterocycles. The summed E-state index contributed by atoms with van der Waals surface area (Å²) >= 11 is 13.0. The van der Waals surface area contributed by atoms with Crippen LogP contribution < -0.4 is 19.3 Å². The lowest BCUT2D eigenvalue weighted by molar-refractivity contribution is -0.144. The molecule has 0 radical (unpaired) electrons. The quantitative estimate of drug-likeness (QED) is 0.119. The highest BCUT2D eigenvalue weighted by atomic mass is 35.5. The number of hydrogen-bond acceptors (Lipinski definition) is 6. The van der Waals surface area contributed by atoms with Crippen LogP contribution in [0.4, 0.5) is 11.4 Å². The molecule has 0 spiro atoms. The van der Waals surface area contributed by atoms with Crippen molar-refractivity contribution in [1.82, 2.24) is 0 Å². The van der Waals surface area contributed by atoms with Gasteiger partial charge in [0.25, 0.3) is 0 Å². The highest BCUT2D eigenvalue weighted by Crippen LogP contribution is 2.69. The molecule has 2 bridgehead atoms. The highest BCUT2D eigenvalue weighted by molar-refractivity contribution is 6.20. The number of anilines is 2. The molecule has 9 rings (SSSR count). The molecule has 2 heterocycles. The average Bonchev–Trinajstić information content (AvgIpc) is 3.83. The van der Waals surface area contributed by atoms with Gasteiger partial charge in [-0.15, -0.1) is 23.2 Å². The summed E-state index contributed by atoms with van der Waals surface area (Å²) < 4.78 is 11.2. The number of amides is 2. The summed E-state index contributed by atoms with van der Waals surface area (Å²) in [7, 11) is 0. The third kappa shape index (κ3) is 4.48. The normalized spacial score (nSPS) is 25.2. The fourth-order valence-corrected chi connectivity index (χ4v) is 9.61. The van der Waals surface area contributed by atoms with Crippen LogP contribution in [0.5, 0.6) is 11.5 Å². The van der Waals surface area contributed by atoms with Crippen molar-refractivity contribution >= 4 is 79.9 Å². The van der Waals surface area contributed by atoms with Crippen LogP contribution in [0.15, 0.2) is 60.7 Å². The molecule has 2 unspecified atom stereocenters. The van der Waals surface area contributed by atoms with Gasteiger partial charge in [0, 0.05) is 73.4 Å². The van der Waals surface area contributed by atoms with Gasteiger partial charge in [-0.2, -0.15) is 0 Å². The third-order valence-electron chi connectivity index (χ3n) is 11.0. The van der Waals surface area contributed by atoms with Gasteiger partial charge in [-0.05, 0) is 47.6 Å². The molecule has 48 heavy (non-hydrogen) atoms. The minimum Gasteiger partial charge on any atom is -0.426 e. The second-order valence-corrected chi connectivity index (χ2v) is 14.5. The van der Waals surface area contributed by atoms with Crippen molar-refractivity contribution in [3.63, 3.8) is 0 Å². The van der Waals surface area contributed by atoms with Crippen LogP contribution >= 0.6 is 23.2 Å². The lowest BCUT2D eigenvalue weighted by atomic mass is 9.59. The highest BCUT2D eigenvalue weighted by Gasteiger charge is 2.69. The van der Waals surface area contributed by atoms with E-state index in [1.165, 1.54) is 13.8 Å². The van der Waals surface area contributed by atoms with Crippen molar-refractivity contribution in [3.8, 4) is 11.5 Å². The van der Waals surface area contributed by atoms with Crippen LogP contribution in [0, 0.1) is 10.8 Å². The van der Waals surface area contributed by atoms with Crippen LogP contribution in [-0.4, -0.2) is 48.6 Å². The van der Waals surface area contributed by atoms with Crippen molar-refractivity contribution in [2.75, 3.05) is 34.6 Å². The second kappa shape index (κ2) is 11.2. The lowest BCUT2D eigenvalue weighted by Crippen LogP contribution is -2.55. The Kier molecular flexibility index (Phi) is 7.27. The maximum absolute atomic E-state index is 14.6. The van der Waals surface area contributed by atoms with E-state index in [1.807, 2.05) is 58.3 Å². The molecule has 0 saturated heterocycles. The number of rotatable bonds is 6. The zero-order valence-electron chi connectivity index (χ0n) is 26.7. The van der Waals surface area contributed by atoms with Crippen LogP contribution in [0.3, 0.4) is 0 Å². The van der Waals surface area contributed by atoms with Crippen LogP contribution in [0.2, 0.25) is 0 Å². The fraction of sp³-hybridized carbons (Fsp3) is 0.368. The van der Waals surface area contributed by atoms with Gasteiger partial charge in [-0.25, -0.2) is 0 Å². The Bertz CT molecular complexity index is 1930. The third-order valence-corrected chi connectivity index (χ3v) is 11.7. The molecule has 2 atom stereocenters. The van der Waals surface area contributed by atoms with Gasteiger partial charge in [-0.3, -0.25) is 19.2 Å². The number of benzene rings is 4. The van der Waals surface area contributed by atoms with E-state index in [1.54, 1.807) is 12.1 Å². The first-order valence-corrected chi connectivity index (χ1v) is 17.4. The van der Waals surface area contributed by atoms with E-state index in [2.05, 4.69) is 0 Å². The number of ether oxygens (including phenoxy) is 2. The zero-order chi connectivity index (χ0) is 33.5. The van der Waals surface area contributed by atoms with Crippen molar-refractivity contribution in [3.05, 3.63) is 71.8 Å². The number of carbonyl (C=O) groups excluding carboxylic acids is 4. The van der Waals surface area contributed by atoms with E-state index in [0.717, 1.165) is 32.7 Å². The Morgan fingerprint density at radius 2 is 1.04 bits per heavy atom. The summed E-state index contributed by atoms with van der Waals surface area (Å²) in [6.07, 6.45) is 2.13. The molecule has 5 aliphatic rings. The Hall–Kier alpha value is -4.14. The first kappa shape index (κ1) is 31.1. The molecular formula is C38H34Cl2N2O6. The summed E-state index contributed by atoms with van der Waals surface area (Å²) in [5, 5.41) is 3.43. The van der Waals surface area contributed by atoms with Gasteiger partial charge in [0.2, 0.25) is 11.8 Å². The number of nitrogens with zero attached hydrogens (tertiary/aromatic N) is 2. The van der Waals surface area contributed by atoms with Crippen molar-refractivity contribution in [2.45, 2.75) is 51.4 Å². The fourth-order valence-electron chi connectivity index (χ4n) is 9.11. The predicted octanol–water partition coefficient (Wildman–Crippen LogP) is 7.44. The molecule has 10 heteroatoms. The molecule has 4 aromatic carbocycles. The van der Waals surface area contributed by atoms with E-state index in [9.17, 15) is 19.2 Å². The number of esters is 2. The molecular weight excluding hydrogens is 651 g/mol. The molecule has 2 amide bonds. The number of carbonyl (C=O) groups is 4. The minimum absolute atomic E-state index is 0.00931. The van der Waals surface area contributed by atoms with E-state index >= 15 is 0 Å². The summed E-state index contributed by atoms with van der Waals surface area (Å²) in [6, 6.07) is 19.0. The number of fused-ring (bicyclic) bond motifs is 7. The molecule has 0 N–H and O–H groups in total. The topological polar surface area (TPSA) is 93.2 Å². The maximum Gasteiger partial charge on any atom is 0.308 e. The van der Waals surface area contributed by atoms with E-state index < -0.39 is 22.8 Å². The first-order valence-electron chi connectivity index (χ1n) is 16.3. The van der Waals surface area contributed by atoms with Gasteiger partial charge in [0.1, 0.15) is 11.5 Å². The molecule has 3 saturated carbocycles. The Balaban J connectivity index is 1.12. The van der Waals surface area contributed by atoms with Gasteiger partial charge >= 0.3 is 11.9 Å². The molecule has 2 aliphatic heterocycles. The number of halogens is 2. The summed E-state index contributed by atoms with van der Waals surface area (Å²) in [5.41, 5.74) is 2.07. The predicted molar refractivity (Wildman–Crippen MR) is 185 cm³/mol. The van der Waals surface area contributed by atoms with Gasteiger partial charge in [0.05, 0.1) is 22.2 Å². The smallest absolute Gasteiger partial charge is 0.308 e. The first-order chi connectivity index (χ1) is 23.1. The largest absolute Gasteiger partial charge is 0.426 e. The van der Waals surface area contributed by atoms with Gasteiger partial charge in [-0.1, -0.05) is 48.5 Å². The number of alkyl halides is 2. The Morgan fingerprint density at radius 3 is 1.40 bits per heavy atom. The van der Waals surface area contributed by atoms with Crippen molar-refractivity contribution in [2.24, 2.45) is 10.8 Å². The van der Waals surface area contributed by atoms with Gasteiger partial charge in [0.15, 0.2) is 0 Å². The molecule has 3 fully saturated rings. The maximum atomic E-state index is 14.6. The van der Waals surface area contributed by atoms with Gasteiger partial charge < -0.3 is 19.3 Å². The zero-order valence-corrected chi connectivity index (χ0v) is 28.2. The van der Waals surface area contributed by atoms with E-state index in [-0.39, 0.29) is 23.7 Å². The van der Waals surface area contributed by atoms with Crippen LogP contribution in [-0.2, 0) is 19.2 Å². The molecule has 4 aromatic rings. The lowest BCUT2D eigenvalue weighted by Gasteiger charge is -2.47. The Labute approximate surface area is 287 Å².